The van der Waals surface area contributed by atoms with Crippen LogP contribution in [0.1, 0.15) is 22.7 Å². The van der Waals surface area contributed by atoms with E-state index in [0.717, 1.165) is 28.9 Å². The van der Waals surface area contributed by atoms with Gasteiger partial charge in [0.15, 0.2) is 0 Å². The summed E-state index contributed by atoms with van der Waals surface area (Å²) in [6.45, 7) is 0.609. The Morgan fingerprint density at radius 3 is 2.76 bits per heavy atom. The Kier molecular flexibility index (Phi) is 4.12. The molecular weight excluding hydrogens is 372 g/mol. The lowest BCUT2D eigenvalue weighted by molar-refractivity contribution is 0.200. The van der Waals surface area contributed by atoms with Crippen molar-refractivity contribution in [1.29, 1.82) is 0 Å². The highest BCUT2D eigenvalue weighted by atomic mass is 19.1. The minimum atomic E-state index is -0.503. The predicted molar refractivity (Wildman–Crippen MR) is 106 cm³/mol. The van der Waals surface area contributed by atoms with Gasteiger partial charge in [0.25, 0.3) is 0 Å². The number of urea groups is 1. The first-order chi connectivity index (χ1) is 14.1. The number of benzene rings is 2. The van der Waals surface area contributed by atoms with Crippen LogP contribution in [0, 0.1) is 11.6 Å². The van der Waals surface area contributed by atoms with Crippen molar-refractivity contribution in [3.63, 3.8) is 0 Å². The summed E-state index contributed by atoms with van der Waals surface area (Å²) in [5.74, 6) is -0.998. The number of pyridine rings is 1. The van der Waals surface area contributed by atoms with Crippen LogP contribution in [0.2, 0.25) is 0 Å². The molecule has 0 saturated heterocycles. The molecule has 0 spiro atoms. The van der Waals surface area contributed by atoms with Crippen LogP contribution in [0.4, 0.5) is 19.3 Å². The van der Waals surface area contributed by atoms with E-state index < -0.39 is 11.6 Å². The molecule has 2 amide bonds. The van der Waals surface area contributed by atoms with E-state index in [9.17, 15) is 13.6 Å². The molecule has 29 heavy (non-hydrogen) atoms. The average molecular weight is 389 g/mol. The number of fused-ring (bicyclic) bond motifs is 3. The van der Waals surface area contributed by atoms with Gasteiger partial charge in [0.05, 0.1) is 18.3 Å². The summed E-state index contributed by atoms with van der Waals surface area (Å²) < 4.78 is 28.0. The second-order valence-corrected chi connectivity index (χ2v) is 7.18. The van der Waals surface area contributed by atoms with Crippen molar-refractivity contribution in [1.82, 2.24) is 9.88 Å². The Morgan fingerprint density at radius 1 is 1.07 bits per heavy atom. The zero-order valence-corrected chi connectivity index (χ0v) is 15.4. The maximum atomic E-state index is 14.3. The number of carbonyl (C=O) groups excluding carboxylic acids is 1. The average Bonchev–Trinajstić information content (AvgIpc) is 3.19. The molecule has 1 aromatic heterocycles. The fourth-order valence-corrected chi connectivity index (χ4v) is 4.05. The van der Waals surface area contributed by atoms with Crippen LogP contribution in [0.5, 0.6) is 0 Å². The van der Waals surface area contributed by atoms with Crippen molar-refractivity contribution < 1.29 is 13.6 Å². The number of aromatic nitrogens is 1. The monoisotopic (exact) mass is 389 g/mol. The van der Waals surface area contributed by atoms with E-state index in [-0.39, 0.29) is 24.2 Å². The number of halogens is 2. The standard InChI is InChI=1S/C23H17F2N3O/c24-17-7-8-20(25)19(11-17)16-10-22-18-5-1-2-6-21(18)27(23(29)28(22)14-16)13-15-4-3-9-26-12-15/h1-12,22H,13-14H2. The number of para-hydroxylation sites is 1. The van der Waals surface area contributed by atoms with Crippen LogP contribution in [0.3, 0.4) is 0 Å². The molecule has 0 N–H and O–H groups in total. The maximum Gasteiger partial charge on any atom is 0.325 e. The van der Waals surface area contributed by atoms with E-state index >= 15 is 0 Å². The number of nitrogens with zero attached hydrogens (tertiary/aromatic N) is 3. The Hall–Kier alpha value is -3.54. The normalized spacial score (nSPS) is 17.8. The van der Waals surface area contributed by atoms with Crippen molar-refractivity contribution in [3.05, 3.63) is 101 Å². The van der Waals surface area contributed by atoms with Crippen LogP contribution in [0.15, 0.2) is 73.1 Å². The van der Waals surface area contributed by atoms with Crippen LogP contribution in [-0.4, -0.2) is 22.5 Å². The molecule has 0 bridgehead atoms. The molecule has 0 aliphatic carbocycles. The van der Waals surface area contributed by atoms with Crippen molar-refractivity contribution in [2.24, 2.45) is 0 Å². The molecule has 1 atom stereocenters. The van der Waals surface area contributed by atoms with Gasteiger partial charge in [0.2, 0.25) is 0 Å². The molecule has 3 heterocycles. The first-order valence-electron chi connectivity index (χ1n) is 9.34. The molecule has 1 unspecified atom stereocenters. The van der Waals surface area contributed by atoms with Gasteiger partial charge in [-0.3, -0.25) is 9.88 Å². The summed E-state index contributed by atoms with van der Waals surface area (Å²) in [5.41, 5.74) is 3.50. The van der Waals surface area contributed by atoms with Crippen molar-refractivity contribution in [2.75, 3.05) is 11.4 Å². The molecule has 4 nitrogen and oxygen atoms in total. The summed E-state index contributed by atoms with van der Waals surface area (Å²) in [4.78, 5) is 20.9. The van der Waals surface area contributed by atoms with Gasteiger partial charge in [-0.25, -0.2) is 13.6 Å². The quantitative estimate of drug-likeness (QED) is 0.636. The van der Waals surface area contributed by atoms with Gasteiger partial charge in [-0.2, -0.15) is 0 Å². The van der Waals surface area contributed by atoms with Gasteiger partial charge in [-0.15, -0.1) is 0 Å². The predicted octanol–water partition coefficient (Wildman–Crippen LogP) is 4.94. The van der Waals surface area contributed by atoms with E-state index in [1.807, 2.05) is 42.5 Å². The molecule has 0 saturated carbocycles. The highest BCUT2D eigenvalue weighted by molar-refractivity contribution is 5.98. The number of anilines is 1. The van der Waals surface area contributed by atoms with Gasteiger partial charge in [0.1, 0.15) is 11.6 Å². The number of carbonyl (C=O) groups is 1. The Labute approximate surface area is 166 Å². The minimum Gasteiger partial charge on any atom is -0.309 e. The van der Waals surface area contributed by atoms with E-state index in [4.69, 9.17) is 0 Å². The third-order valence-electron chi connectivity index (χ3n) is 5.40. The molecule has 5 rings (SSSR count). The maximum absolute atomic E-state index is 14.3. The van der Waals surface area contributed by atoms with Crippen molar-refractivity contribution in [2.45, 2.75) is 12.6 Å². The molecule has 144 valence electrons. The number of hydrogen-bond donors (Lipinski definition) is 0. The Bertz CT molecular complexity index is 1130. The summed E-state index contributed by atoms with van der Waals surface area (Å²) in [7, 11) is 0. The van der Waals surface area contributed by atoms with Crippen LogP contribution < -0.4 is 4.90 Å². The van der Waals surface area contributed by atoms with Gasteiger partial charge >= 0.3 is 6.03 Å². The zero-order chi connectivity index (χ0) is 20.0. The summed E-state index contributed by atoms with van der Waals surface area (Å²) in [6, 6.07) is 14.4. The highest BCUT2D eigenvalue weighted by Gasteiger charge is 2.40. The van der Waals surface area contributed by atoms with Gasteiger partial charge in [-0.05, 0) is 41.5 Å². The molecule has 6 heteroatoms. The number of amides is 2. The van der Waals surface area contributed by atoms with Gasteiger partial charge in [-0.1, -0.05) is 30.3 Å². The third kappa shape index (κ3) is 2.97. The lowest BCUT2D eigenvalue weighted by Gasteiger charge is -2.39. The topological polar surface area (TPSA) is 36.4 Å². The molecule has 0 fully saturated rings. The fraction of sp³-hybridized carbons (Fsp3) is 0.130. The van der Waals surface area contributed by atoms with E-state index in [0.29, 0.717) is 12.1 Å². The summed E-state index contributed by atoms with van der Waals surface area (Å²) in [5, 5.41) is 0. The molecule has 3 aromatic rings. The highest BCUT2D eigenvalue weighted by Crippen LogP contribution is 2.44. The minimum absolute atomic E-state index is 0.166. The molecule has 0 radical (unpaired) electrons. The van der Waals surface area contributed by atoms with Crippen LogP contribution in [0.25, 0.3) is 5.57 Å². The lowest BCUT2D eigenvalue weighted by Crippen LogP contribution is -2.47. The Balaban J connectivity index is 1.55. The second-order valence-electron chi connectivity index (χ2n) is 7.18. The lowest BCUT2D eigenvalue weighted by atomic mass is 9.99. The smallest absolute Gasteiger partial charge is 0.309 e. The summed E-state index contributed by atoms with van der Waals surface area (Å²) in [6.07, 6.45) is 5.28. The number of hydrogen-bond acceptors (Lipinski definition) is 2. The van der Waals surface area contributed by atoms with E-state index in [1.54, 1.807) is 22.2 Å². The fourth-order valence-electron chi connectivity index (χ4n) is 4.05. The largest absolute Gasteiger partial charge is 0.325 e. The van der Waals surface area contributed by atoms with Gasteiger partial charge in [0, 0.05) is 30.1 Å². The third-order valence-corrected chi connectivity index (χ3v) is 5.40. The van der Waals surface area contributed by atoms with E-state index in [2.05, 4.69) is 4.98 Å². The van der Waals surface area contributed by atoms with Crippen molar-refractivity contribution in [3.8, 4) is 0 Å². The first-order valence-corrected chi connectivity index (χ1v) is 9.34. The number of rotatable bonds is 3. The Morgan fingerprint density at radius 2 is 1.93 bits per heavy atom. The second kappa shape index (κ2) is 6.81. The van der Waals surface area contributed by atoms with Crippen LogP contribution in [-0.2, 0) is 6.54 Å². The first kappa shape index (κ1) is 17.6. The van der Waals surface area contributed by atoms with Gasteiger partial charge < -0.3 is 4.90 Å². The molecular formula is C23H17F2N3O. The molecule has 2 aliphatic heterocycles. The zero-order valence-electron chi connectivity index (χ0n) is 15.4. The molecule has 2 aromatic carbocycles. The van der Waals surface area contributed by atoms with E-state index in [1.165, 1.54) is 6.07 Å². The summed E-state index contributed by atoms with van der Waals surface area (Å²) >= 11 is 0. The molecule has 2 aliphatic rings. The van der Waals surface area contributed by atoms with Crippen molar-refractivity contribution >= 4 is 17.3 Å². The van der Waals surface area contributed by atoms with Crippen LogP contribution >= 0.6 is 0 Å². The SMILES string of the molecule is O=C1N(Cc2cccnc2)c2ccccc2C2C=C(c3cc(F)ccc3F)CN12.